The van der Waals surface area contributed by atoms with Crippen LogP contribution in [0.25, 0.3) is 0 Å². The lowest BCUT2D eigenvalue weighted by molar-refractivity contribution is -0.141. The Balaban J connectivity index is 2.52. The molecule has 0 saturated carbocycles. The Morgan fingerprint density at radius 2 is 1.92 bits per heavy atom. The molecule has 140 valence electrons. The Bertz CT molecular complexity index is 898. The molecule has 0 fully saturated rings. The predicted molar refractivity (Wildman–Crippen MR) is 95.3 cm³/mol. The van der Waals surface area contributed by atoms with Gasteiger partial charge in [0, 0.05) is 0 Å². The van der Waals surface area contributed by atoms with E-state index in [2.05, 4.69) is 0 Å². The highest BCUT2D eigenvalue weighted by molar-refractivity contribution is 7.92. The minimum atomic E-state index is -4.19. The molecular formula is C18H20FNO5S. The van der Waals surface area contributed by atoms with E-state index in [1.165, 1.54) is 19.2 Å². The van der Waals surface area contributed by atoms with Crippen molar-refractivity contribution in [2.75, 3.05) is 24.6 Å². The zero-order valence-corrected chi connectivity index (χ0v) is 15.5. The lowest BCUT2D eigenvalue weighted by atomic mass is 10.2. The van der Waals surface area contributed by atoms with E-state index < -0.39 is 28.4 Å². The molecule has 0 aliphatic carbocycles. The number of benzene rings is 2. The van der Waals surface area contributed by atoms with E-state index in [0.29, 0.717) is 0 Å². The molecule has 0 aliphatic heterocycles. The Kier molecular flexibility index (Phi) is 6.20. The number of ether oxygens (including phenoxy) is 2. The van der Waals surface area contributed by atoms with Crippen molar-refractivity contribution in [1.29, 1.82) is 0 Å². The Morgan fingerprint density at radius 3 is 2.50 bits per heavy atom. The Labute approximate surface area is 152 Å². The highest BCUT2D eigenvalue weighted by atomic mass is 32.2. The average Bonchev–Trinajstić information content (AvgIpc) is 2.59. The van der Waals surface area contributed by atoms with Gasteiger partial charge in [0.2, 0.25) is 0 Å². The lowest BCUT2D eigenvalue weighted by Gasteiger charge is -2.24. The lowest BCUT2D eigenvalue weighted by Crippen LogP contribution is -2.36. The van der Waals surface area contributed by atoms with Crippen molar-refractivity contribution in [3.05, 3.63) is 53.8 Å². The molecule has 0 radical (unpaired) electrons. The molecule has 0 aliphatic rings. The van der Waals surface area contributed by atoms with E-state index >= 15 is 0 Å². The highest BCUT2D eigenvalue weighted by Gasteiger charge is 2.28. The summed E-state index contributed by atoms with van der Waals surface area (Å²) in [5.74, 6) is -1.59. The van der Waals surface area contributed by atoms with Crippen LogP contribution in [0, 0.1) is 12.7 Å². The van der Waals surface area contributed by atoms with Crippen LogP contribution in [-0.2, 0) is 19.6 Å². The zero-order valence-electron chi connectivity index (χ0n) is 14.7. The summed E-state index contributed by atoms with van der Waals surface area (Å²) in [6.45, 7) is 3.03. The van der Waals surface area contributed by atoms with Gasteiger partial charge in [-0.25, -0.2) is 12.8 Å². The first-order valence-corrected chi connectivity index (χ1v) is 9.32. The standard InChI is InChI=1S/C18H20FNO5S/c1-4-25-18(21)12-20(14-7-5-6-13(2)10-14)26(22,23)15-8-9-17(24-3)16(19)11-15/h5-11H,4,12H2,1-3H3. The fraction of sp³-hybridized carbons (Fsp3) is 0.278. The summed E-state index contributed by atoms with van der Waals surface area (Å²) < 4.78 is 50.7. The molecular weight excluding hydrogens is 361 g/mol. The molecule has 0 atom stereocenters. The highest BCUT2D eigenvalue weighted by Crippen LogP contribution is 2.27. The van der Waals surface area contributed by atoms with Crippen LogP contribution in [0.4, 0.5) is 10.1 Å². The van der Waals surface area contributed by atoms with Crippen LogP contribution in [0.2, 0.25) is 0 Å². The van der Waals surface area contributed by atoms with Gasteiger partial charge in [-0.3, -0.25) is 9.10 Å². The summed E-state index contributed by atoms with van der Waals surface area (Å²) in [7, 11) is -2.91. The summed E-state index contributed by atoms with van der Waals surface area (Å²) in [4.78, 5) is 11.6. The van der Waals surface area contributed by atoms with Crippen molar-refractivity contribution in [3.8, 4) is 5.75 Å². The third-order valence-electron chi connectivity index (χ3n) is 3.58. The largest absolute Gasteiger partial charge is 0.494 e. The first-order valence-electron chi connectivity index (χ1n) is 7.88. The van der Waals surface area contributed by atoms with Crippen LogP contribution in [-0.4, -0.2) is 34.6 Å². The number of methoxy groups -OCH3 is 1. The van der Waals surface area contributed by atoms with Crippen LogP contribution < -0.4 is 9.04 Å². The molecule has 0 amide bonds. The maximum atomic E-state index is 14.0. The summed E-state index contributed by atoms with van der Waals surface area (Å²) in [5, 5.41) is 0. The van der Waals surface area contributed by atoms with Crippen LogP contribution in [0.15, 0.2) is 47.4 Å². The number of aryl methyl sites for hydroxylation is 1. The maximum Gasteiger partial charge on any atom is 0.326 e. The summed E-state index contributed by atoms with van der Waals surface area (Å²) >= 11 is 0. The summed E-state index contributed by atoms with van der Waals surface area (Å²) in [5.41, 5.74) is 1.10. The molecule has 2 rings (SSSR count). The van der Waals surface area contributed by atoms with Crippen molar-refractivity contribution in [1.82, 2.24) is 0 Å². The molecule has 0 bridgehead atoms. The minimum absolute atomic E-state index is 0.0727. The van der Waals surface area contributed by atoms with E-state index in [1.807, 2.05) is 0 Å². The van der Waals surface area contributed by atoms with Gasteiger partial charge < -0.3 is 9.47 Å². The minimum Gasteiger partial charge on any atom is -0.494 e. The number of sulfonamides is 1. The number of halogens is 1. The average molecular weight is 381 g/mol. The molecule has 0 heterocycles. The molecule has 8 heteroatoms. The first kappa shape index (κ1) is 19.7. The SMILES string of the molecule is CCOC(=O)CN(c1cccc(C)c1)S(=O)(=O)c1ccc(OC)c(F)c1. The van der Waals surface area contributed by atoms with Gasteiger partial charge in [-0.1, -0.05) is 12.1 Å². The van der Waals surface area contributed by atoms with Gasteiger partial charge >= 0.3 is 5.97 Å². The number of esters is 1. The van der Waals surface area contributed by atoms with E-state index in [0.717, 1.165) is 15.9 Å². The smallest absolute Gasteiger partial charge is 0.326 e. The van der Waals surface area contributed by atoms with Gasteiger partial charge in [0.25, 0.3) is 10.0 Å². The fourth-order valence-electron chi connectivity index (χ4n) is 2.36. The van der Waals surface area contributed by atoms with Crippen molar-refractivity contribution >= 4 is 21.7 Å². The van der Waals surface area contributed by atoms with E-state index in [1.54, 1.807) is 38.1 Å². The van der Waals surface area contributed by atoms with Crippen LogP contribution in [0.3, 0.4) is 0 Å². The van der Waals surface area contributed by atoms with Crippen molar-refractivity contribution < 1.29 is 27.1 Å². The number of carbonyl (C=O) groups excluding carboxylic acids is 1. The molecule has 6 nitrogen and oxygen atoms in total. The van der Waals surface area contributed by atoms with Gasteiger partial charge in [-0.2, -0.15) is 0 Å². The number of nitrogens with zero attached hydrogens (tertiary/aromatic N) is 1. The quantitative estimate of drug-likeness (QED) is 0.690. The van der Waals surface area contributed by atoms with E-state index in [-0.39, 0.29) is 22.9 Å². The molecule has 0 unspecified atom stereocenters. The molecule has 0 saturated heterocycles. The number of anilines is 1. The van der Waals surface area contributed by atoms with Gasteiger partial charge in [0.1, 0.15) is 6.54 Å². The van der Waals surface area contributed by atoms with Crippen molar-refractivity contribution in [2.24, 2.45) is 0 Å². The summed E-state index contributed by atoms with van der Waals surface area (Å²) in [6, 6.07) is 9.97. The maximum absolute atomic E-state index is 14.0. The van der Waals surface area contributed by atoms with E-state index in [9.17, 15) is 17.6 Å². The van der Waals surface area contributed by atoms with Crippen molar-refractivity contribution in [2.45, 2.75) is 18.7 Å². The Morgan fingerprint density at radius 1 is 1.19 bits per heavy atom. The van der Waals surface area contributed by atoms with Gasteiger partial charge in [0.15, 0.2) is 11.6 Å². The second kappa shape index (κ2) is 8.18. The van der Waals surface area contributed by atoms with Crippen LogP contribution in [0.5, 0.6) is 5.75 Å². The third kappa shape index (κ3) is 4.32. The van der Waals surface area contributed by atoms with Crippen LogP contribution in [0.1, 0.15) is 12.5 Å². The number of hydrogen-bond acceptors (Lipinski definition) is 5. The van der Waals surface area contributed by atoms with Gasteiger partial charge in [-0.15, -0.1) is 0 Å². The van der Waals surface area contributed by atoms with Crippen molar-refractivity contribution in [3.63, 3.8) is 0 Å². The number of carbonyl (C=O) groups is 1. The molecule has 0 aromatic heterocycles. The molecule has 2 aromatic carbocycles. The topological polar surface area (TPSA) is 72.9 Å². The predicted octanol–water partition coefficient (Wildman–Crippen LogP) is 2.90. The molecule has 0 N–H and O–H groups in total. The second-order valence-corrected chi connectivity index (χ2v) is 7.31. The number of rotatable bonds is 7. The molecule has 26 heavy (non-hydrogen) atoms. The van der Waals surface area contributed by atoms with Gasteiger partial charge in [-0.05, 0) is 49.7 Å². The Hall–Kier alpha value is -2.61. The summed E-state index contributed by atoms with van der Waals surface area (Å²) in [6.07, 6.45) is 0. The third-order valence-corrected chi connectivity index (χ3v) is 5.35. The molecule has 2 aromatic rings. The molecule has 0 spiro atoms. The zero-order chi connectivity index (χ0) is 19.3. The van der Waals surface area contributed by atoms with E-state index in [4.69, 9.17) is 9.47 Å². The number of hydrogen-bond donors (Lipinski definition) is 0. The monoisotopic (exact) mass is 381 g/mol. The van der Waals surface area contributed by atoms with Gasteiger partial charge in [0.05, 0.1) is 24.3 Å². The second-order valence-electron chi connectivity index (χ2n) is 5.45. The first-order chi connectivity index (χ1) is 12.3. The fourth-order valence-corrected chi connectivity index (χ4v) is 3.77. The van der Waals surface area contributed by atoms with Crippen LogP contribution >= 0.6 is 0 Å². The normalized spacial score (nSPS) is 11.1.